The van der Waals surface area contributed by atoms with E-state index in [1.165, 1.54) is 5.56 Å². The summed E-state index contributed by atoms with van der Waals surface area (Å²) < 4.78 is 17.5. The van der Waals surface area contributed by atoms with Gasteiger partial charge >= 0.3 is 0 Å². The van der Waals surface area contributed by atoms with E-state index >= 15 is 0 Å². The fraction of sp³-hybridized carbons (Fsp3) is 0.375. The molecule has 1 aliphatic rings. The number of benzene rings is 1. The predicted molar refractivity (Wildman–Crippen MR) is 79.5 cm³/mol. The molecule has 1 aliphatic heterocycles. The molecule has 20 heavy (non-hydrogen) atoms. The van der Waals surface area contributed by atoms with E-state index in [4.69, 9.17) is 14.2 Å². The summed E-state index contributed by atoms with van der Waals surface area (Å²) in [7, 11) is 0. The van der Waals surface area contributed by atoms with Gasteiger partial charge in [-0.25, -0.2) is 0 Å². The lowest BCUT2D eigenvalue weighted by Crippen LogP contribution is -2.35. The second-order valence-electron chi connectivity index (χ2n) is 5.47. The van der Waals surface area contributed by atoms with E-state index in [0.29, 0.717) is 26.4 Å². The first-order valence-electron chi connectivity index (χ1n) is 6.69. The molecule has 0 unspecified atom stereocenters. The molecule has 0 spiro atoms. The Morgan fingerprint density at radius 1 is 1.10 bits per heavy atom. The fourth-order valence-corrected chi connectivity index (χ4v) is 2.79. The highest BCUT2D eigenvalue weighted by atomic mass is 32.1. The predicted octanol–water partition coefficient (Wildman–Crippen LogP) is 3.74. The quantitative estimate of drug-likeness (QED) is 0.858. The van der Waals surface area contributed by atoms with Crippen LogP contribution in [-0.4, -0.2) is 19.8 Å². The van der Waals surface area contributed by atoms with Crippen LogP contribution in [0.15, 0.2) is 41.1 Å². The van der Waals surface area contributed by atoms with Crippen molar-refractivity contribution in [3.05, 3.63) is 46.7 Å². The van der Waals surface area contributed by atoms with Crippen molar-refractivity contribution >= 4 is 11.3 Å². The first kappa shape index (κ1) is 13.5. The average Bonchev–Trinajstić information content (AvgIpc) is 2.86. The van der Waals surface area contributed by atoms with Crippen LogP contribution in [0, 0.1) is 5.41 Å². The molecule has 3 rings (SSSR count). The van der Waals surface area contributed by atoms with Crippen molar-refractivity contribution < 1.29 is 14.2 Å². The summed E-state index contributed by atoms with van der Waals surface area (Å²) in [6.07, 6.45) is 0. The number of ether oxygens (including phenoxy) is 3. The van der Waals surface area contributed by atoms with Crippen molar-refractivity contribution in [1.82, 2.24) is 0 Å². The Kier molecular flexibility index (Phi) is 3.94. The number of hydrogen-bond acceptors (Lipinski definition) is 4. The molecule has 0 aliphatic carbocycles. The van der Waals surface area contributed by atoms with Gasteiger partial charge < -0.3 is 14.2 Å². The maximum Gasteiger partial charge on any atom is 0.171 e. The van der Waals surface area contributed by atoms with E-state index in [-0.39, 0.29) is 5.41 Å². The molecule has 0 bridgehead atoms. The molecule has 2 heterocycles. The summed E-state index contributed by atoms with van der Waals surface area (Å²) in [6, 6.07) is 10.2. The number of thiophene rings is 1. The molecule has 0 fully saturated rings. The van der Waals surface area contributed by atoms with Crippen LogP contribution < -0.4 is 9.47 Å². The molecule has 0 N–H and O–H groups in total. The molecular formula is C16H18O3S. The highest BCUT2D eigenvalue weighted by Crippen LogP contribution is 2.36. The zero-order valence-corrected chi connectivity index (χ0v) is 12.3. The lowest BCUT2D eigenvalue weighted by atomic mass is 9.94. The Hall–Kier alpha value is -1.52. The summed E-state index contributed by atoms with van der Waals surface area (Å²) in [6.45, 7) is 4.61. The Bertz CT molecular complexity index is 527. The lowest BCUT2D eigenvalue weighted by molar-refractivity contribution is -0.000507. The van der Waals surface area contributed by atoms with Crippen LogP contribution in [0.5, 0.6) is 11.5 Å². The Morgan fingerprint density at radius 2 is 1.75 bits per heavy atom. The Morgan fingerprint density at radius 3 is 2.40 bits per heavy atom. The molecule has 0 radical (unpaired) electrons. The van der Waals surface area contributed by atoms with Crippen LogP contribution in [0.2, 0.25) is 0 Å². The summed E-state index contributed by atoms with van der Waals surface area (Å²) in [5.74, 6) is 1.70. The maximum absolute atomic E-state index is 5.84. The zero-order chi connectivity index (χ0) is 13.8. The SMILES string of the molecule is CC1(COCc2ccccc2)COc2cscc2OC1. The molecular weight excluding hydrogens is 272 g/mol. The first-order chi connectivity index (χ1) is 9.75. The zero-order valence-electron chi connectivity index (χ0n) is 11.5. The van der Waals surface area contributed by atoms with Crippen molar-refractivity contribution in [3.63, 3.8) is 0 Å². The van der Waals surface area contributed by atoms with E-state index < -0.39 is 0 Å². The summed E-state index contributed by atoms with van der Waals surface area (Å²) in [4.78, 5) is 0. The van der Waals surface area contributed by atoms with Crippen LogP contribution in [0.25, 0.3) is 0 Å². The smallest absolute Gasteiger partial charge is 0.171 e. The Labute approximate surface area is 123 Å². The second-order valence-corrected chi connectivity index (χ2v) is 6.21. The van der Waals surface area contributed by atoms with Gasteiger partial charge in [0.05, 0.1) is 31.8 Å². The largest absolute Gasteiger partial charge is 0.488 e. The molecule has 4 heteroatoms. The third kappa shape index (κ3) is 3.14. The van der Waals surface area contributed by atoms with Crippen LogP contribution >= 0.6 is 11.3 Å². The molecule has 2 aromatic rings. The third-order valence-corrected chi connectivity index (χ3v) is 4.01. The monoisotopic (exact) mass is 290 g/mol. The Balaban J connectivity index is 1.53. The van der Waals surface area contributed by atoms with Crippen molar-refractivity contribution in [2.45, 2.75) is 13.5 Å². The van der Waals surface area contributed by atoms with Gasteiger partial charge in [-0.3, -0.25) is 0 Å². The van der Waals surface area contributed by atoms with E-state index in [9.17, 15) is 0 Å². The normalized spacial score (nSPS) is 16.6. The topological polar surface area (TPSA) is 27.7 Å². The maximum atomic E-state index is 5.84. The minimum atomic E-state index is -0.120. The van der Waals surface area contributed by atoms with Crippen LogP contribution in [-0.2, 0) is 11.3 Å². The molecule has 106 valence electrons. The number of hydrogen-bond donors (Lipinski definition) is 0. The minimum absolute atomic E-state index is 0.120. The van der Waals surface area contributed by atoms with Gasteiger partial charge in [0, 0.05) is 10.8 Å². The van der Waals surface area contributed by atoms with E-state index in [0.717, 1.165) is 11.5 Å². The van der Waals surface area contributed by atoms with Crippen LogP contribution in [0.4, 0.5) is 0 Å². The molecule has 1 aromatic heterocycles. The van der Waals surface area contributed by atoms with Gasteiger partial charge in [-0.05, 0) is 5.56 Å². The van der Waals surface area contributed by atoms with Crippen molar-refractivity contribution in [3.8, 4) is 11.5 Å². The molecule has 0 saturated carbocycles. The number of fused-ring (bicyclic) bond motifs is 1. The fourth-order valence-electron chi connectivity index (χ4n) is 2.10. The van der Waals surface area contributed by atoms with Gasteiger partial charge in [0.2, 0.25) is 0 Å². The standard InChI is InChI=1S/C16H18O3S/c1-16(10-17-7-13-5-3-2-4-6-13)11-18-14-8-20-9-15(14)19-12-16/h2-6,8-9H,7,10-12H2,1H3. The van der Waals surface area contributed by atoms with Gasteiger partial charge in [0.1, 0.15) is 0 Å². The van der Waals surface area contributed by atoms with Crippen LogP contribution in [0.1, 0.15) is 12.5 Å². The van der Waals surface area contributed by atoms with Crippen molar-refractivity contribution in [2.24, 2.45) is 5.41 Å². The van der Waals surface area contributed by atoms with Crippen LogP contribution in [0.3, 0.4) is 0 Å². The second kappa shape index (κ2) is 5.85. The van der Waals surface area contributed by atoms with Gasteiger partial charge in [0.25, 0.3) is 0 Å². The molecule has 0 amide bonds. The van der Waals surface area contributed by atoms with E-state index in [1.54, 1.807) is 11.3 Å². The molecule has 0 atom stereocenters. The van der Waals surface area contributed by atoms with Gasteiger partial charge in [0.15, 0.2) is 11.5 Å². The minimum Gasteiger partial charge on any atom is -0.488 e. The van der Waals surface area contributed by atoms with Gasteiger partial charge in [-0.2, -0.15) is 0 Å². The van der Waals surface area contributed by atoms with Crippen molar-refractivity contribution in [1.29, 1.82) is 0 Å². The third-order valence-electron chi connectivity index (χ3n) is 3.31. The molecule has 0 saturated heterocycles. The highest BCUT2D eigenvalue weighted by Gasteiger charge is 2.31. The highest BCUT2D eigenvalue weighted by molar-refractivity contribution is 7.08. The van der Waals surface area contributed by atoms with Gasteiger partial charge in [-0.1, -0.05) is 37.3 Å². The molecule has 3 nitrogen and oxygen atoms in total. The summed E-state index contributed by atoms with van der Waals surface area (Å²) >= 11 is 1.60. The van der Waals surface area contributed by atoms with E-state index in [1.807, 2.05) is 29.0 Å². The number of rotatable bonds is 4. The average molecular weight is 290 g/mol. The van der Waals surface area contributed by atoms with E-state index in [2.05, 4.69) is 19.1 Å². The summed E-state index contributed by atoms with van der Waals surface area (Å²) in [5, 5.41) is 3.96. The van der Waals surface area contributed by atoms with Gasteiger partial charge in [-0.15, -0.1) is 11.3 Å². The summed E-state index contributed by atoms with van der Waals surface area (Å²) in [5.41, 5.74) is 1.07. The van der Waals surface area contributed by atoms with Crippen molar-refractivity contribution in [2.75, 3.05) is 19.8 Å². The molecule has 1 aromatic carbocycles. The first-order valence-corrected chi connectivity index (χ1v) is 7.63. The lowest BCUT2D eigenvalue weighted by Gasteiger charge is -2.26.